The molecule has 0 aliphatic carbocycles. The summed E-state index contributed by atoms with van der Waals surface area (Å²) in [7, 11) is 0. The van der Waals surface area contributed by atoms with Gasteiger partial charge in [0.2, 0.25) is 5.91 Å². The topological polar surface area (TPSA) is 55.6 Å². The molecule has 4 heteroatoms. The summed E-state index contributed by atoms with van der Waals surface area (Å²) in [6.45, 7) is 4.73. The molecule has 0 radical (unpaired) electrons. The summed E-state index contributed by atoms with van der Waals surface area (Å²) in [4.78, 5) is 15.2. The lowest BCUT2D eigenvalue weighted by molar-refractivity contribution is -0.147. The summed E-state index contributed by atoms with van der Waals surface area (Å²) >= 11 is 0. The predicted octanol–water partition coefficient (Wildman–Crippen LogP) is 2.15. The summed E-state index contributed by atoms with van der Waals surface area (Å²) in [6.07, 6.45) is 2.54. The largest absolute Gasteiger partial charge is 0.381 e. The molecule has 0 bridgehead atoms. The number of rotatable bonds is 3. The Morgan fingerprint density at radius 3 is 2.64 bits per heavy atom. The number of hydrogen-bond donors (Lipinski definition) is 1. The summed E-state index contributed by atoms with van der Waals surface area (Å²) < 4.78 is 5.43. The molecule has 2 aliphatic rings. The molecule has 1 aromatic carbocycles. The van der Waals surface area contributed by atoms with E-state index in [1.807, 2.05) is 6.07 Å². The van der Waals surface area contributed by atoms with E-state index in [9.17, 15) is 4.79 Å². The van der Waals surface area contributed by atoms with Crippen LogP contribution in [-0.2, 0) is 9.53 Å². The Morgan fingerprint density at radius 2 is 2.00 bits per heavy atom. The lowest BCUT2D eigenvalue weighted by Crippen LogP contribution is -2.52. The SMILES string of the molecule is CC1C(c2ccccc2)CCN1C(=O)C1(CN)CCOCC1. The Kier molecular flexibility index (Phi) is 4.50. The normalized spacial score (nSPS) is 27.8. The van der Waals surface area contributed by atoms with E-state index in [0.29, 0.717) is 25.7 Å². The number of amides is 1. The summed E-state index contributed by atoms with van der Waals surface area (Å²) in [5.74, 6) is 0.670. The number of benzene rings is 1. The number of carbonyl (C=O) groups excluding carboxylic acids is 1. The van der Waals surface area contributed by atoms with Gasteiger partial charge in [-0.05, 0) is 31.7 Å². The molecule has 0 saturated carbocycles. The van der Waals surface area contributed by atoms with Crippen molar-refractivity contribution in [3.63, 3.8) is 0 Å². The van der Waals surface area contributed by atoms with Gasteiger partial charge in [-0.1, -0.05) is 30.3 Å². The lowest BCUT2D eigenvalue weighted by Gasteiger charge is -2.39. The number of likely N-dealkylation sites (tertiary alicyclic amines) is 1. The third kappa shape index (κ3) is 2.66. The lowest BCUT2D eigenvalue weighted by atomic mass is 9.78. The minimum absolute atomic E-state index is 0.237. The van der Waals surface area contributed by atoms with Crippen LogP contribution < -0.4 is 5.73 Å². The Hall–Kier alpha value is -1.39. The molecule has 2 fully saturated rings. The Balaban J connectivity index is 1.77. The zero-order chi connectivity index (χ0) is 15.6. The first-order valence-corrected chi connectivity index (χ1v) is 8.32. The molecule has 2 N–H and O–H groups in total. The molecule has 2 atom stereocenters. The zero-order valence-electron chi connectivity index (χ0n) is 13.3. The molecule has 2 saturated heterocycles. The van der Waals surface area contributed by atoms with Crippen LogP contribution in [0.3, 0.4) is 0 Å². The summed E-state index contributed by atoms with van der Waals surface area (Å²) in [6, 6.07) is 10.8. The molecule has 2 aliphatic heterocycles. The van der Waals surface area contributed by atoms with Gasteiger partial charge in [-0.15, -0.1) is 0 Å². The van der Waals surface area contributed by atoms with Gasteiger partial charge >= 0.3 is 0 Å². The van der Waals surface area contributed by atoms with Gasteiger partial charge in [0.1, 0.15) is 0 Å². The molecule has 3 rings (SSSR count). The van der Waals surface area contributed by atoms with E-state index in [0.717, 1.165) is 25.8 Å². The molecule has 4 nitrogen and oxygen atoms in total. The third-order valence-electron chi connectivity index (χ3n) is 5.54. The number of hydrogen-bond acceptors (Lipinski definition) is 3. The van der Waals surface area contributed by atoms with Crippen LogP contribution >= 0.6 is 0 Å². The van der Waals surface area contributed by atoms with Gasteiger partial charge in [-0.3, -0.25) is 4.79 Å². The van der Waals surface area contributed by atoms with Gasteiger partial charge in [0.25, 0.3) is 0 Å². The van der Waals surface area contributed by atoms with Gasteiger partial charge in [0, 0.05) is 38.3 Å². The van der Waals surface area contributed by atoms with Crippen molar-refractivity contribution in [2.24, 2.45) is 11.1 Å². The quantitative estimate of drug-likeness (QED) is 0.931. The van der Waals surface area contributed by atoms with Crippen molar-refractivity contribution in [3.05, 3.63) is 35.9 Å². The second kappa shape index (κ2) is 6.39. The highest BCUT2D eigenvalue weighted by Gasteiger charge is 2.45. The van der Waals surface area contributed by atoms with Gasteiger partial charge in [0.05, 0.1) is 5.41 Å². The third-order valence-corrected chi connectivity index (χ3v) is 5.54. The van der Waals surface area contributed by atoms with Crippen LogP contribution in [0.1, 0.15) is 37.7 Å². The summed E-state index contributed by atoms with van der Waals surface area (Å²) in [5, 5.41) is 0. The van der Waals surface area contributed by atoms with Crippen LogP contribution in [0.4, 0.5) is 0 Å². The number of nitrogens with two attached hydrogens (primary N) is 1. The van der Waals surface area contributed by atoms with Crippen molar-refractivity contribution in [3.8, 4) is 0 Å². The Morgan fingerprint density at radius 1 is 1.32 bits per heavy atom. The maximum Gasteiger partial charge on any atom is 0.230 e. The molecule has 2 unspecified atom stereocenters. The van der Waals surface area contributed by atoms with E-state index in [-0.39, 0.29) is 11.9 Å². The predicted molar refractivity (Wildman–Crippen MR) is 86.5 cm³/mol. The van der Waals surface area contributed by atoms with E-state index in [4.69, 9.17) is 10.5 Å². The molecule has 0 aromatic heterocycles. The van der Waals surface area contributed by atoms with Crippen molar-refractivity contribution in [1.82, 2.24) is 4.90 Å². The van der Waals surface area contributed by atoms with E-state index in [1.165, 1.54) is 5.56 Å². The van der Waals surface area contributed by atoms with Crippen LogP contribution in [-0.4, -0.2) is 43.2 Å². The molecule has 120 valence electrons. The van der Waals surface area contributed by atoms with E-state index in [2.05, 4.69) is 36.1 Å². The highest BCUT2D eigenvalue weighted by molar-refractivity contribution is 5.84. The smallest absolute Gasteiger partial charge is 0.230 e. The van der Waals surface area contributed by atoms with E-state index >= 15 is 0 Å². The van der Waals surface area contributed by atoms with Crippen molar-refractivity contribution in [1.29, 1.82) is 0 Å². The average Bonchev–Trinajstić information content (AvgIpc) is 2.97. The fourth-order valence-electron chi connectivity index (χ4n) is 3.94. The maximum atomic E-state index is 13.1. The van der Waals surface area contributed by atoms with Crippen LogP contribution in [0.15, 0.2) is 30.3 Å². The first-order chi connectivity index (χ1) is 10.7. The minimum Gasteiger partial charge on any atom is -0.381 e. The standard InChI is InChI=1S/C18H26N2O2/c1-14-16(15-5-3-2-4-6-15)7-10-20(14)17(21)18(13-19)8-11-22-12-9-18/h2-6,14,16H,7-13,19H2,1H3. The van der Waals surface area contributed by atoms with E-state index in [1.54, 1.807) is 0 Å². The van der Waals surface area contributed by atoms with Gasteiger partial charge in [-0.2, -0.15) is 0 Å². The maximum absolute atomic E-state index is 13.1. The fourth-order valence-corrected chi connectivity index (χ4v) is 3.94. The van der Waals surface area contributed by atoms with Gasteiger partial charge < -0.3 is 15.4 Å². The van der Waals surface area contributed by atoms with Gasteiger partial charge in [0.15, 0.2) is 0 Å². The average molecular weight is 302 g/mol. The molecule has 2 heterocycles. The minimum atomic E-state index is -0.405. The number of carbonyl (C=O) groups is 1. The van der Waals surface area contributed by atoms with Gasteiger partial charge in [-0.25, -0.2) is 0 Å². The first-order valence-electron chi connectivity index (χ1n) is 8.32. The molecule has 22 heavy (non-hydrogen) atoms. The monoisotopic (exact) mass is 302 g/mol. The van der Waals surface area contributed by atoms with Crippen LogP contribution in [0.2, 0.25) is 0 Å². The van der Waals surface area contributed by atoms with Crippen LogP contribution in [0.5, 0.6) is 0 Å². The number of ether oxygens (including phenoxy) is 1. The number of nitrogens with zero attached hydrogens (tertiary/aromatic N) is 1. The molecular weight excluding hydrogens is 276 g/mol. The second-order valence-corrected chi connectivity index (χ2v) is 6.64. The molecule has 1 amide bonds. The Labute approximate surface area is 132 Å². The molecule has 0 spiro atoms. The van der Waals surface area contributed by atoms with Crippen molar-refractivity contribution in [2.75, 3.05) is 26.3 Å². The van der Waals surface area contributed by atoms with Crippen molar-refractivity contribution in [2.45, 2.75) is 38.1 Å². The first kappa shape index (κ1) is 15.5. The van der Waals surface area contributed by atoms with Crippen LogP contribution in [0, 0.1) is 5.41 Å². The zero-order valence-corrected chi connectivity index (χ0v) is 13.3. The fraction of sp³-hybridized carbons (Fsp3) is 0.611. The molecular formula is C18H26N2O2. The highest BCUT2D eigenvalue weighted by Crippen LogP contribution is 2.38. The van der Waals surface area contributed by atoms with Crippen LogP contribution in [0.25, 0.3) is 0 Å². The summed E-state index contributed by atoms with van der Waals surface area (Å²) in [5.41, 5.74) is 6.92. The van der Waals surface area contributed by atoms with Crippen molar-refractivity contribution < 1.29 is 9.53 Å². The Bertz CT molecular complexity index is 511. The molecule has 1 aromatic rings. The van der Waals surface area contributed by atoms with E-state index < -0.39 is 5.41 Å². The highest BCUT2D eigenvalue weighted by atomic mass is 16.5. The van der Waals surface area contributed by atoms with Crippen molar-refractivity contribution >= 4 is 5.91 Å². The second-order valence-electron chi connectivity index (χ2n) is 6.64.